The third kappa shape index (κ3) is 2.62. The Morgan fingerprint density at radius 1 is 1.12 bits per heavy atom. The number of thiophene rings is 1. The molecule has 2 rings (SSSR count). The van der Waals surface area contributed by atoms with Crippen LogP contribution in [0.1, 0.15) is 33.9 Å². The lowest BCUT2D eigenvalue weighted by atomic mass is 9.92. The summed E-state index contributed by atoms with van der Waals surface area (Å²) in [4.78, 5) is 0. The Balaban J connectivity index is 2.47. The van der Waals surface area contributed by atoms with Crippen LogP contribution in [0.15, 0.2) is 27.4 Å². The Bertz CT molecular complexity index is 522. The predicted octanol–water partition coefficient (Wildman–Crippen LogP) is 4.48. The van der Waals surface area contributed by atoms with E-state index in [-0.39, 0.29) is 6.04 Å². The van der Waals surface area contributed by atoms with Crippen LogP contribution in [0.5, 0.6) is 0 Å². The number of rotatable bonds is 2. The third-order valence-electron chi connectivity index (χ3n) is 3.00. The second-order valence-corrected chi connectivity index (χ2v) is 6.76. The summed E-state index contributed by atoms with van der Waals surface area (Å²) in [6.07, 6.45) is 0. The number of benzene rings is 1. The van der Waals surface area contributed by atoms with Crippen molar-refractivity contribution in [3.05, 3.63) is 55.2 Å². The molecular weight excluding hydrogens is 294 g/mol. The molecule has 1 aromatic heterocycles. The van der Waals surface area contributed by atoms with E-state index in [0.29, 0.717) is 0 Å². The molecule has 0 bridgehead atoms. The maximum Gasteiger partial charge on any atom is 0.0701 e. The van der Waals surface area contributed by atoms with Crippen LogP contribution in [0.3, 0.4) is 0 Å². The van der Waals surface area contributed by atoms with Crippen LogP contribution in [0.25, 0.3) is 0 Å². The van der Waals surface area contributed by atoms with Crippen molar-refractivity contribution in [3.63, 3.8) is 0 Å². The molecule has 3 heteroatoms. The molecule has 17 heavy (non-hydrogen) atoms. The second kappa shape index (κ2) is 4.92. The van der Waals surface area contributed by atoms with Crippen molar-refractivity contribution in [1.29, 1.82) is 0 Å². The predicted molar refractivity (Wildman–Crippen MR) is 78.7 cm³/mol. The van der Waals surface area contributed by atoms with Crippen LogP contribution in [-0.2, 0) is 0 Å². The van der Waals surface area contributed by atoms with Gasteiger partial charge in [-0.3, -0.25) is 0 Å². The first-order valence-corrected chi connectivity index (χ1v) is 7.23. The smallest absolute Gasteiger partial charge is 0.0701 e. The Kier molecular flexibility index (Phi) is 3.71. The molecule has 1 aromatic carbocycles. The summed E-state index contributed by atoms with van der Waals surface area (Å²) in [7, 11) is 0. The van der Waals surface area contributed by atoms with Gasteiger partial charge in [0, 0.05) is 0 Å². The molecule has 1 unspecified atom stereocenters. The van der Waals surface area contributed by atoms with Gasteiger partial charge in [-0.05, 0) is 70.4 Å². The van der Waals surface area contributed by atoms with Gasteiger partial charge in [-0.15, -0.1) is 11.3 Å². The molecule has 0 aliphatic carbocycles. The van der Waals surface area contributed by atoms with Crippen molar-refractivity contribution in [2.75, 3.05) is 0 Å². The highest BCUT2D eigenvalue weighted by atomic mass is 79.9. The van der Waals surface area contributed by atoms with Gasteiger partial charge >= 0.3 is 0 Å². The van der Waals surface area contributed by atoms with Gasteiger partial charge in [0.15, 0.2) is 0 Å². The van der Waals surface area contributed by atoms with Gasteiger partial charge in [0.25, 0.3) is 0 Å². The fourth-order valence-electron chi connectivity index (χ4n) is 2.33. The highest BCUT2D eigenvalue weighted by Crippen LogP contribution is 2.31. The van der Waals surface area contributed by atoms with Gasteiger partial charge < -0.3 is 5.73 Å². The topological polar surface area (TPSA) is 26.0 Å². The summed E-state index contributed by atoms with van der Waals surface area (Å²) in [5, 5.41) is 2.12. The lowest BCUT2D eigenvalue weighted by Gasteiger charge is -2.17. The van der Waals surface area contributed by atoms with Crippen molar-refractivity contribution in [2.45, 2.75) is 26.8 Å². The van der Waals surface area contributed by atoms with Gasteiger partial charge in [0.05, 0.1) is 9.83 Å². The fraction of sp³-hybridized carbons (Fsp3) is 0.286. The molecule has 1 heterocycles. The molecule has 0 fully saturated rings. The normalized spacial score (nSPS) is 12.8. The Labute approximate surface area is 115 Å². The van der Waals surface area contributed by atoms with E-state index in [0.717, 1.165) is 3.79 Å². The van der Waals surface area contributed by atoms with E-state index in [9.17, 15) is 0 Å². The van der Waals surface area contributed by atoms with Gasteiger partial charge in [-0.2, -0.15) is 0 Å². The highest BCUT2D eigenvalue weighted by molar-refractivity contribution is 9.11. The fourth-order valence-corrected chi connectivity index (χ4v) is 3.55. The van der Waals surface area contributed by atoms with Crippen LogP contribution in [0, 0.1) is 20.8 Å². The maximum absolute atomic E-state index is 6.37. The number of hydrogen-bond donors (Lipinski definition) is 1. The summed E-state index contributed by atoms with van der Waals surface area (Å²) in [5.74, 6) is 0. The molecule has 0 saturated heterocycles. The van der Waals surface area contributed by atoms with Crippen LogP contribution >= 0.6 is 27.3 Å². The molecule has 0 aliphatic heterocycles. The summed E-state index contributed by atoms with van der Waals surface area (Å²) in [6.45, 7) is 6.39. The number of hydrogen-bond acceptors (Lipinski definition) is 2. The van der Waals surface area contributed by atoms with Crippen LogP contribution in [0.4, 0.5) is 0 Å². The molecule has 1 nitrogen and oxygen atoms in total. The van der Waals surface area contributed by atoms with E-state index in [1.807, 2.05) is 0 Å². The SMILES string of the molecule is Cc1cc(C)c(C(N)c2csc(Br)c2)c(C)c1. The van der Waals surface area contributed by atoms with Gasteiger partial charge in [0.2, 0.25) is 0 Å². The average Bonchev–Trinajstić information content (AvgIpc) is 2.63. The Morgan fingerprint density at radius 2 is 1.71 bits per heavy atom. The zero-order valence-electron chi connectivity index (χ0n) is 10.3. The van der Waals surface area contributed by atoms with Crippen molar-refractivity contribution >= 4 is 27.3 Å². The molecule has 90 valence electrons. The standard InChI is InChI=1S/C14H16BrNS/c1-8-4-9(2)13(10(3)5-8)14(16)11-6-12(15)17-7-11/h4-7,14H,16H2,1-3H3. The molecule has 0 radical (unpaired) electrons. The third-order valence-corrected chi connectivity index (χ3v) is 4.52. The molecule has 0 amide bonds. The summed E-state index contributed by atoms with van der Waals surface area (Å²) in [6, 6.07) is 6.47. The summed E-state index contributed by atoms with van der Waals surface area (Å²) in [5.41, 5.74) is 12.6. The van der Waals surface area contributed by atoms with Gasteiger partial charge in [0.1, 0.15) is 0 Å². The van der Waals surface area contributed by atoms with Crippen molar-refractivity contribution in [1.82, 2.24) is 0 Å². The van der Waals surface area contributed by atoms with E-state index in [1.54, 1.807) is 11.3 Å². The van der Waals surface area contributed by atoms with E-state index in [2.05, 4.69) is 60.3 Å². The Morgan fingerprint density at radius 3 is 2.18 bits per heavy atom. The number of nitrogens with two attached hydrogens (primary N) is 1. The van der Waals surface area contributed by atoms with Crippen LogP contribution in [0.2, 0.25) is 0 Å². The lowest BCUT2D eigenvalue weighted by Crippen LogP contribution is -2.14. The number of aryl methyl sites for hydroxylation is 3. The van der Waals surface area contributed by atoms with E-state index in [4.69, 9.17) is 5.73 Å². The number of halogens is 1. The molecule has 2 N–H and O–H groups in total. The minimum absolute atomic E-state index is 0.0295. The van der Waals surface area contributed by atoms with Gasteiger partial charge in [-0.25, -0.2) is 0 Å². The first-order chi connectivity index (χ1) is 7.99. The average molecular weight is 310 g/mol. The molecule has 0 aliphatic rings. The first-order valence-electron chi connectivity index (χ1n) is 5.56. The quantitative estimate of drug-likeness (QED) is 0.869. The van der Waals surface area contributed by atoms with Crippen LogP contribution in [-0.4, -0.2) is 0 Å². The molecule has 2 aromatic rings. The van der Waals surface area contributed by atoms with Crippen molar-refractivity contribution in [2.24, 2.45) is 5.73 Å². The maximum atomic E-state index is 6.37. The molecule has 1 atom stereocenters. The van der Waals surface area contributed by atoms with Crippen LogP contribution < -0.4 is 5.73 Å². The summed E-state index contributed by atoms with van der Waals surface area (Å²) >= 11 is 5.16. The van der Waals surface area contributed by atoms with Crippen molar-refractivity contribution < 1.29 is 0 Å². The Hall–Kier alpha value is -0.640. The monoisotopic (exact) mass is 309 g/mol. The minimum Gasteiger partial charge on any atom is -0.320 e. The first kappa shape index (κ1) is 12.8. The molecule has 0 saturated carbocycles. The van der Waals surface area contributed by atoms with E-state index in [1.165, 1.54) is 27.8 Å². The zero-order valence-corrected chi connectivity index (χ0v) is 12.7. The highest BCUT2D eigenvalue weighted by Gasteiger charge is 2.15. The van der Waals surface area contributed by atoms with Crippen molar-refractivity contribution in [3.8, 4) is 0 Å². The minimum atomic E-state index is -0.0295. The van der Waals surface area contributed by atoms with E-state index < -0.39 is 0 Å². The summed E-state index contributed by atoms with van der Waals surface area (Å²) < 4.78 is 1.13. The molecule has 0 spiro atoms. The molecular formula is C14H16BrNS. The zero-order chi connectivity index (χ0) is 12.6. The second-order valence-electron chi connectivity index (χ2n) is 4.47. The largest absolute Gasteiger partial charge is 0.320 e. The van der Waals surface area contributed by atoms with E-state index >= 15 is 0 Å². The van der Waals surface area contributed by atoms with Gasteiger partial charge in [-0.1, -0.05) is 17.7 Å². The lowest BCUT2D eigenvalue weighted by molar-refractivity contribution is 0.854.